The number of aryl methyl sites for hydroxylation is 1. The van der Waals surface area contributed by atoms with E-state index in [2.05, 4.69) is 15.3 Å². The monoisotopic (exact) mass is 334 g/mol. The van der Waals surface area contributed by atoms with Gasteiger partial charge >= 0.3 is 12.0 Å². The summed E-state index contributed by atoms with van der Waals surface area (Å²) in [6.45, 7) is 9.66. The molecule has 0 radical (unpaired) electrons. The van der Waals surface area contributed by atoms with Gasteiger partial charge in [0.1, 0.15) is 11.4 Å². The van der Waals surface area contributed by atoms with Crippen molar-refractivity contribution in [2.75, 3.05) is 11.9 Å². The Bertz CT molecular complexity index is 595. The van der Waals surface area contributed by atoms with E-state index in [9.17, 15) is 9.59 Å². The normalized spacial score (nSPS) is 21.3. The Hall–Kier alpha value is -2.18. The highest BCUT2D eigenvalue weighted by molar-refractivity contribution is 5.89. The molecule has 1 N–H and O–H groups in total. The van der Waals surface area contributed by atoms with Crippen molar-refractivity contribution < 1.29 is 14.3 Å². The number of urea groups is 1. The summed E-state index contributed by atoms with van der Waals surface area (Å²) in [5.41, 5.74) is 0.0177. The SMILES string of the molecule is Cc1ncc(NC(=O)N2CC(C(=O)OC(C)(C)C)CCC2C)cn1. The molecule has 1 aliphatic heterocycles. The summed E-state index contributed by atoms with van der Waals surface area (Å²) in [5.74, 6) is 0.107. The molecule has 1 aromatic rings. The van der Waals surface area contributed by atoms with Crippen LogP contribution in [0.25, 0.3) is 0 Å². The average Bonchev–Trinajstić information content (AvgIpc) is 2.48. The fourth-order valence-electron chi connectivity index (χ4n) is 2.62. The molecular formula is C17H26N4O3. The molecule has 2 rings (SSSR count). The van der Waals surface area contributed by atoms with Gasteiger partial charge in [-0.05, 0) is 47.5 Å². The maximum Gasteiger partial charge on any atom is 0.322 e. The molecule has 132 valence electrons. The lowest BCUT2D eigenvalue weighted by Crippen LogP contribution is -2.49. The van der Waals surface area contributed by atoms with Gasteiger partial charge in [-0.2, -0.15) is 0 Å². The van der Waals surface area contributed by atoms with E-state index in [0.717, 1.165) is 12.8 Å². The van der Waals surface area contributed by atoms with E-state index in [1.807, 2.05) is 27.7 Å². The van der Waals surface area contributed by atoms with E-state index in [4.69, 9.17) is 4.74 Å². The van der Waals surface area contributed by atoms with Gasteiger partial charge in [0, 0.05) is 12.6 Å². The van der Waals surface area contributed by atoms with Gasteiger partial charge in [0.05, 0.1) is 24.0 Å². The number of aromatic nitrogens is 2. The summed E-state index contributed by atoms with van der Waals surface area (Å²) in [6, 6.07) is -0.182. The van der Waals surface area contributed by atoms with Crippen LogP contribution in [0.5, 0.6) is 0 Å². The van der Waals surface area contributed by atoms with Crippen molar-refractivity contribution in [1.82, 2.24) is 14.9 Å². The molecule has 24 heavy (non-hydrogen) atoms. The van der Waals surface area contributed by atoms with Gasteiger partial charge in [-0.15, -0.1) is 0 Å². The first-order valence-electron chi connectivity index (χ1n) is 8.25. The molecule has 0 aromatic carbocycles. The highest BCUT2D eigenvalue weighted by Gasteiger charge is 2.35. The summed E-state index contributed by atoms with van der Waals surface area (Å²) in [4.78, 5) is 34.6. The lowest BCUT2D eigenvalue weighted by molar-refractivity contribution is -0.161. The largest absolute Gasteiger partial charge is 0.460 e. The number of hydrogen-bond donors (Lipinski definition) is 1. The second-order valence-corrected chi connectivity index (χ2v) is 7.26. The first-order valence-corrected chi connectivity index (χ1v) is 8.25. The van der Waals surface area contributed by atoms with Gasteiger partial charge in [-0.1, -0.05) is 0 Å². The number of anilines is 1. The van der Waals surface area contributed by atoms with Crippen molar-refractivity contribution in [1.29, 1.82) is 0 Å². The minimum Gasteiger partial charge on any atom is -0.460 e. The maximum absolute atomic E-state index is 12.5. The molecule has 1 fully saturated rings. The van der Waals surface area contributed by atoms with E-state index in [1.165, 1.54) is 0 Å². The van der Waals surface area contributed by atoms with Crippen LogP contribution in [-0.2, 0) is 9.53 Å². The Morgan fingerprint density at radius 1 is 1.25 bits per heavy atom. The fourth-order valence-corrected chi connectivity index (χ4v) is 2.62. The lowest BCUT2D eigenvalue weighted by atomic mass is 9.93. The average molecular weight is 334 g/mol. The van der Waals surface area contributed by atoms with Crippen molar-refractivity contribution in [2.45, 2.75) is 59.1 Å². The molecular weight excluding hydrogens is 308 g/mol. The van der Waals surface area contributed by atoms with E-state index in [1.54, 1.807) is 24.2 Å². The molecule has 1 aromatic heterocycles. The Balaban J connectivity index is 2.01. The first kappa shape index (κ1) is 18.2. The van der Waals surface area contributed by atoms with Crippen LogP contribution >= 0.6 is 0 Å². The Labute approximate surface area is 142 Å². The van der Waals surface area contributed by atoms with E-state index in [-0.39, 0.29) is 24.0 Å². The number of nitrogens with one attached hydrogen (secondary N) is 1. The molecule has 0 saturated carbocycles. The number of hydrogen-bond acceptors (Lipinski definition) is 5. The van der Waals surface area contributed by atoms with Gasteiger partial charge in [0.15, 0.2) is 0 Å². The smallest absolute Gasteiger partial charge is 0.322 e. The number of likely N-dealkylation sites (tertiary alicyclic amines) is 1. The molecule has 7 heteroatoms. The van der Waals surface area contributed by atoms with Crippen LogP contribution in [0.4, 0.5) is 10.5 Å². The van der Waals surface area contributed by atoms with E-state index in [0.29, 0.717) is 18.1 Å². The lowest BCUT2D eigenvalue weighted by Gasteiger charge is -2.37. The van der Waals surface area contributed by atoms with Crippen molar-refractivity contribution in [3.8, 4) is 0 Å². The summed E-state index contributed by atoms with van der Waals surface area (Å²) < 4.78 is 5.45. The maximum atomic E-state index is 12.5. The number of rotatable bonds is 2. The van der Waals surface area contributed by atoms with Gasteiger partial charge in [0.25, 0.3) is 0 Å². The van der Waals surface area contributed by atoms with Gasteiger partial charge in [-0.3, -0.25) is 4.79 Å². The highest BCUT2D eigenvalue weighted by Crippen LogP contribution is 2.25. The summed E-state index contributed by atoms with van der Waals surface area (Å²) in [7, 11) is 0. The van der Waals surface area contributed by atoms with Crippen LogP contribution < -0.4 is 5.32 Å². The predicted molar refractivity (Wildman–Crippen MR) is 90.5 cm³/mol. The third-order valence-electron chi connectivity index (χ3n) is 3.92. The first-order chi connectivity index (χ1) is 11.2. The molecule has 2 heterocycles. The number of nitrogens with zero attached hydrogens (tertiary/aromatic N) is 3. The van der Waals surface area contributed by atoms with E-state index >= 15 is 0 Å². The van der Waals surface area contributed by atoms with Crippen molar-refractivity contribution in [3.05, 3.63) is 18.2 Å². The molecule has 0 bridgehead atoms. The fraction of sp³-hybridized carbons (Fsp3) is 0.647. The van der Waals surface area contributed by atoms with E-state index < -0.39 is 5.60 Å². The zero-order chi connectivity index (χ0) is 17.9. The minimum absolute atomic E-state index is 0.0649. The number of amides is 2. The van der Waals surface area contributed by atoms with Crippen LogP contribution in [0.1, 0.15) is 46.4 Å². The zero-order valence-electron chi connectivity index (χ0n) is 15.0. The third-order valence-corrected chi connectivity index (χ3v) is 3.92. The number of esters is 1. The zero-order valence-corrected chi connectivity index (χ0v) is 15.0. The van der Waals surface area contributed by atoms with Crippen LogP contribution in [0, 0.1) is 12.8 Å². The highest BCUT2D eigenvalue weighted by atomic mass is 16.6. The molecule has 0 spiro atoms. The second-order valence-electron chi connectivity index (χ2n) is 7.26. The quantitative estimate of drug-likeness (QED) is 0.841. The topological polar surface area (TPSA) is 84.4 Å². The molecule has 1 saturated heterocycles. The molecule has 7 nitrogen and oxygen atoms in total. The van der Waals surface area contributed by atoms with Gasteiger partial charge < -0.3 is 15.0 Å². The summed E-state index contributed by atoms with van der Waals surface area (Å²) in [6.07, 6.45) is 4.63. The van der Waals surface area contributed by atoms with Crippen molar-refractivity contribution in [2.24, 2.45) is 5.92 Å². The number of carbonyl (C=O) groups excluding carboxylic acids is 2. The molecule has 2 amide bonds. The predicted octanol–water partition coefficient (Wildman–Crippen LogP) is 2.76. The van der Waals surface area contributed by atoms with Crippen molar-refractivity contribution >= 4 is 17.7 Å². The van der Waals surface area contributed by atoms with Gasteiger partial charge in [0.2, 0.25) is 0 Å². The molecule has 1 aliphatic rings. The number of ether oxygens (including phenoxy) is 1. The Kier molecular flexibility index (Phi) is 5.41. The standard InChI is InChI=1S/C17H26N4O3/c1-11-6-7-13(15(22)24-17(3,4)5)10-21(11)16(23)20-14-8-18-12(2)19-9-14/h8-9,11,13H,6-7,10H2,1-5H3,(H,20,23). The summed E-state index contributed by atoms with van der Waals surface area (Å²) >= 11 is 0. The summed E-state index contributed by atoms with van der Waals surface area (Å²) in [5, 5.41) is 2.79. The minimum atomic E-state index is -0.521. The molecule has 2 atom stereocenters. The molecule has 2 unspecified atom stereocenters. The van der Waals surface area contributed by atoms with Gasteiger partial charge in [-0.25, -0.2) is 14.8 Å². The van der Waals surface area contributed by atoms with Crippen LogP contribution in [-0.4, -0.2) is 45.1 Å². The van der Waals surface area contributed by atoms with Crippen molar-refractivity contribution in [3.63, 3.8) is 0 Å². The second kappa shape index (κ2) is 7.15. The Morgan fingerprint density at radius 3 is 2.46 bits per heavy atom. The van der Waals surface area contributed by atoms with Crippen LogP contribution in [0.2, 0.25) is 0 Å². The van der Waals surface area contributed by atoms with Crippen LogP contribution in [0.15, 0.2) is 12.4 Å². The van der Waals surface area contributed by atoms with Crippen LogP contribution in [0.3, 0.4) is 0 Å². The third kappa shape index (κ3) is 4.91. The molecule has 0 aliphatic carbocycles. The Morgan fingerprint density at radius 2 is 1.88 bits per heavy atom. The number of carbonyl (C=O) groups is 2. The number of piperidine rings is 1.